The van der Waals surface area contributed by atoms with Crippen LogP contribution in [0.15, 0.2) is 73.3 Å². The molecule has 0 aromatic heterocycles. The van der Waals surface area contributed by atoms with Gasteiger partial charge in [0.15, 0.2) is 5.73 Å². The maximum absolute atomic E-state index is 11.8. The van der Waals surface area contributed by atoms with Crippen LogP contribution >= 0.6 is 0 Å². The molecule has 0 aliphatic rings. The van der Waals surface area contributed by atoms with Crippen LogP contribution in [0.4, 0.5) is 0 Å². The monoisotopic (exact) mass is 386 g/mol. The van der Waals surface area contributed by atoms with Crippen molar-refractivity contribution in [1.82, 2.24) is 0 Å². The van der Waals surface area contributed by atoms with Crippen LogP contribution < -0.4 is 0 Å². The van der Waals surface area contributed by atoms with Crippen LogP contribution in [0.1, 0.15) is 24.5 Å². The van der Waals surface area contributed by atoms with E-state index in [1.807, 2.05) is 67.6 Å². The number of carbonyl (C=O) groups is 1. The van der Waals surface area contributed by atoms with Gasteiger partial charge >= 0.3 is 14.8 Å². The predicted molar refractivity (Wildman–Crippen MR) is 106 cm³/mol. The van der Waals surface area contributed by atoms with Crippen molar-refractivity contribution in [1.29, 1.82) is 0 Å². The van der Waals surface area contributed by atoms with Gasteiger partial charge in [0.05, 0.1) is 13.2 Å². The van der Waals surface area contributed by atoms with E-state index in [1.54, 1.807) is 0 Å². The predicted octanol–water partition coefficient (Wildman–Crippen LogP) is 4.05. The van der Waals surface area contributed by atoms with Crippen molar-refractivity contribution in [2.24, 2.45) is 0 Å². The first-order chi connectivity index (χ1) is 13.1. The summed E-state index contributed by atoms with van der Waals surface area (Å²) in [6, 6.07) is 19.5. The highest BCUT2D eigenvalue weighted by atomic mass is 28.4. The summed E-state index contributed by atoms with van der Waals surface area (Å²) in [6.07, 6.45) is 1.63. The zero-order valence-corrected chi connectivity index (χ0v) is 16.8. The summed E-state index contributed by atoms with van der Waals surface area (Å²) in [5.41, 5.74) is 1.35. The smallest absolute Gasteiger partial charge is 0.455 e. The molecule has 1 atom stereocenters. The highest BCUT2D eigenvalue weighted by molar-refractivity contribution is 6.62. The first kappa shape index (κ1) is 21.1. The van der Waals surface area contributed by atoms with E-state index in [9.17, 15) is 4.79 Å². The highest BCUT2D eigenvalue weighted by Crippen LogP contribution is 2.23. The molecule has 0 heterocycles. The van der Waals surface area contributed by atoms with Crippen molar-refractivity contribution < 1.29 is 22.8 Å². The molecule has 0 saturated carbocycles. The van der Waals surface area contributed by atoms with Gasteiger partial charge in [-0.3, -0.25) is 0 Å². The Hall–Kier alpha value is -2.25. The number of carbonyl (C=O) groups excluding carboxylic acids is 1. The van der Waals surface area contributed by atoms with Gasteiger partial charge in [0, 0.05) is 13.2 Å². The minimum atomic E-state index is -3.33. The fraction of sp³-hybridized carbons (Fsp3) is 0.286. The van der Waals surface area contributed by atoms with Gasteiger partial charge in [0.1, 0.15) is 0 Å². The molecule has 27 heavy (non-hydrogen) atoms. The zero-order chi connectivity index (χ0) is 19.5. The maximum atomic E-state index is 11.8. The lowest BCUT2D eigenvalue weighted by atomic mass is 10.2. The molecule has 5 nitrogen and oxygen atoms in total. The average Bonchev–Trinajstić information content (AvgIpc) is 2.74. The molecule has 0 radical (unpaired) electrons. The van der Waals surface area contributed by atoms with Crippen LogP contribution in [-0.4, -0.2) is 27.6 Å². The molecule has 0 spiro atoms. The molecule has 0 aliphatic carbocycles. The molecule has 0 N–H and O–H groups in total. The molecule has 144 valence electrons. The Labute approximate surface area is 161 Å². The van der Waals surface area contributed by atoms with Gasteiger partial charge in [-0.1, -0.05) is 74.2 Å². The van der Waals surface area contributed by atoms with Crippen molar-refractivity contribution in [3.05, 3.63) is 84.4 Å². The molecule has 0 amide bonds. The minimum absolute atomic E-state index is 0.303. The summed E-state index contributed by atoms with van der Waals surface area (Å²) in [5, 5.41) is 0. The van der Waals surface area contributed by atoms with Crippen LogP contribution in [0.2, 0.25) is 0 Å². The largest absolute Gasteiger partial charge is 0.544 e. The van der Waals surface area contributed by atoms with Crippen LogP contribution in [0, 0.1) is 0 Å². The molecule has 6 heteroatoms. The molecule has 0 saturated heterocycles. The number of rotatable bonds is 11. The second-order valence-electron chi connectivity index (χ2n) is 5.89. The second kappa shape index (κ2) is 10.8. The third-order valence-corrected chi connectivity index (χ3v) is 7.02. The summed E-state index contributed by atoms with van der Waals surface area (Å²) >= 11 is 0. The number of benzene rings is 2. The Kier molecular flexibility index (Phi) is 8.41. The topological polar surface area (TPSA) is 54.0 Å². The minimum Gasteiger partial charge on any atom is -0.455 e. The standard InChI is InChI=1S/C21H26O5Si/c1-4-20(22)26-21(5-2)27(23-3,24-16-18-12-8-6-9-13-18)25-17-19-14-10-7-11-15-19/h4,6-15,21H,1,5,16-17H2,2-3H3. The van der Waals surface area contributed by atoms with Crippen LogP contribution in [0.3, 0.4) is 0 Å². The highest BCUT2D eigenvalue weighted by Gasteiger charge is 2.51. The van der Waals surface area contributed by atoms with E-state index in [0.29, 0.717) is 19.6 Å². The van der Waals surface area contributed by atoms with Crippen molar-refractivity contribution in [3.8, 4) is 0 Å². The van der Waals surface area contributed by atoms with E-state index in [4.69, 9.17) is 18.0 Å². The van der Waals surface area contributed by atoms with Gasteiger partial charge in [0.2, 0.25) is 0 Å². The Morgan fingerprint density at radius 3 is 1.85 bits per heavy atom. The molecule has 1 unspecified atom stereocenters. The average molecular weight is 387 g/mol. The number of esters is 1. The van der Waals surface area contributed by atoms with Gasteiger partial charge < -0.3 is 18.0 Å². The number of hydrogen-bond donors (Lipinski definition) is 0. The Morgan fingerprint density at radius 2 is 1.48 bits per heavy atom. The van der Waals surface area contributed by atoms with Gasteiger partial charge in [0.25, 0.3) is 0 Å². The molecule has 2 rings (SSSR count). The summed E-state index contributed by atoms with van der Waals surface area (Å²) < 4.78 is 23.6. The van der Waals surface area contributed by atoms with Crippen LogP contribution in [-0.2, 0) is 36.0 Å². The summed E-state index contributed by atoms with van der Waals surface area (Å²) in [4.78, 5) is 11.8. The third-order valence-electron chi connectivity index (χ3n) is 4.04. The molecule has 0 fully saturated rings. The van der Waals surface area contributed by atoms with E-state index in [-0.39, 0.29) is 0 Å². The molecular formula is C21H26O5Si. The fourth-order valence-corrected chi connectivity index (χ4v) is 5.04. The Morgan fingerprint density at radius 1 is 1.00 bits per heavy atom. The van der Waals surface area contributed by atoms with Crippen LogP contribution in [0.25, 0.3) is 0 Å². The third kappa shape index (κ3) is 6.15. The molecule has 2 aromatic rings. The van der Waals surface area contributed by atoms with E-state index >= 15 is 0 Å². The lowest BCUT2D eigenvalue weighted by Crippen LogP contribution is -2.57. The quantitative estimate of drug-likeness (QED) is 0.331. The van der Waals surface area contributed by atoms with Crippen molar-refractivity contribution in [3.63, 3.8) is 0 Å². The van der Waals surface area contributed by atoms with Crippen molar-refractivity contribution in [2.45, 2.75) is 32.3 Å². The van der Waals surface area contributed by atoms with E-state index in [0.717, 1.165) is 17.2 Å². The SMILES string of the molecule is C=CC(=O)OC(CC)[Si](OC)(OCc1ccccc1)OCc1ccccc1. The summed E-state index contributed by atoms with van der Waals surface area (Å²) in [5.74, 6) is -0.526. The normalized spacial score (nSPS) is 12.4. The van der Waals surface area contributed by atoms with Gasteiger partial charge in [-0.05, 0) is 17.5 Å². The van der Waals surface area contributed by atoms with Crippen molar-refractivity contribution >= 4 is 14.8 Å². The lowest BCUT2D eigenvalue weighted by molar-refractivity contribution is -0.143. The van der Waals surface area contributed by atoms with Gasteiger partial charge in [-0.25, -0.2) is 4.79 Å². The number of ether oxygens (including phenoxy) is 1. The van der Waals surface area contributed by atoms with E-state index < -0.39 is 20.5 Å². The first-order valence-electron chi connectivity index (χ1n) is 8.87. The molecule has 2 aromatic carbocycles. The fourth-order valence-electron chi connectivity index (χ4n) is 2.59. The number of hydrogen-bond acceptors (Lipinski definition) is 5. The molecule has 0 aliphatic heterocycles. The Bertz CT molecular complexity index is 662. The van der Waals surface area contributed by atoms with Gasteiger partial charge in [-0.15, -0.1) is 0 Å². The van der Waals surface area contributed by atoms with E-state index in [1.165, 1.54) is 7.11 Å². The maximum Gasteiger partial charge on any atom is 0.544 e. The first-order valence-corrected chi connectivity index (χ1v) is 10.7. The second-order valence-corrected chi connectivity index (χ2v) is 8.73. The van der Waals surface area contributed by atoms with Crippen LogP contribution in [0.5, 0.6) is 0 Å². The lowest BCUT2D eigenvalue weighted by Gasteiger charge is -2.33. The summed E-state index contributed by atoms with van der Waals surface area (Å²) in [7, 11) is -1.80. The zero-order valence-electron chi connectivity index (χ0n) is 15.8. The van der Waals surface area contributed by atoms with E-state index in [2.05, 4.69) is 6.58 Å². The Balaban J connectivity index is 2.22. The molecule has 0 bridgehead atoms. The van der Waals surface area contributed by atoms with Gasteiger partial charge in [-0.2, -0.15) is 0 Å². The van der Waals surface area contributed by atoms with Crippen molar-refractivity contribution in [2.75, 3.05) is 7.11 Å². The summed E-state index contributed by atoms with van der Waals surface area (Å²) in [6.45, 7) is 5.97. The molecular weight excluding hydrogens is 360 g/mol.